The highest BCUT2D eigenvalue weighted by molar-refractivity contribution is 7.07. The number of rotatable bonds is 5. The number of carbonyl (C=O) groups is 1. The molecule has 0 amide bonds. The lowest BCUT2D eigenvalue weighted by molar-refractivity contribution is 0.106. The highest BCUT2D eigenvalue weighted by atomic mass is 32.1. The van der Waals surface area contributed by atoms with Gasteiger partial charge in [0.25, 0.3) is 5.56 Å². The highest BCUT2D eigenvalue weighted by Crippen LogP contribution is 2.12. The minimum atomic E-state index is -0.223. The van der Waals surface area contributed by atoms with E-state index in [1.165, 1.54) is 17.4 Å². The van der Waals surface area contributed by atoms with Gasteiger partial charge in [0.1, 0.15) is 11.5 Å². The monoisotopic (exact) mass is 367 g/mol. The molecule has 1 heterocycles. The van der Waals surface area contributed by atoms with Gasteiger partial charge in [-0.25, -0.2) is 0 Å². The molecule has 0 saturated carbocycles. The van der Waals surface area contributed by atoms with E-state index in [4.69, 9.17) is 9.47 Å². The van der Waals surface area contributed by atoms with Crippen molar-refractivity contribution >= 4 is 29.3 Å². The van der Waals surface area contributed by atoms with E-state index in [-0.39, 0.29) is 11.3 Å². The number of benzene rings is 2. The third kappa shape index (κ3) is 4.10. The Hall–Kier alpha value is -3.12. The Morgan fingerprint density at radius 2 is 1.54 bits per heavy atom. The molecule has 0 bridgehead atoms. The average Bonchev–Trinajstić information content (AvgIpc) is 3.01. The fourth-order valence-corrected chi connectivity index (χ4v) is 3.22. The van der Waals surface area contributed by atoms with Crippen LogP contribution in [0.15, 0.2) is 53.3 Å². The molecular weight excluding hydrogens is 350 g/mol. The molecule has 0 fully saturated rings. The molecule has 2 aromatic carbocycles. The number of aromatic nitrogens is 1. The van der Waals surface area contributed by atoms with E-state index in [1.807, 2.05) is 24.3 Å². The number of carbonyl (C=O) groups excluding carboxylic acids is 1. The molecule has 0 spiro atoms. The zero-order valence-corrected chi connectivity index (χ0v) is 15.1. The smallest absolute Gasteiger partial charge is 0.266 e. The van der Waals surface area contributed by atoms with E-state index in [0.29, 0.717) is 20.5 Å². The van der Waals surface area contributed by atoms with Gasteiger partial charge in [0.05, 0.1) is 23.4 Å². The third-order valence-corrected chi connectivity index (χ3v) is 4.69. The molecule has 0 saturated heterocycles. The van der Waals surface area contributed by atoms with Crippen molar-refractivity contribution in [3.05, 3.63) is 79.2 Å². The van der Waals surface area contributed by atoms with Gasteiger partial charge < -0.3 is 14.5 Å². The number of thiazole rings is 1. The first kappa shape index (κ1) is 17.7. The maximum atomic E-state index is 12.3. The zero-order valence-electron chi connectivity index (χ0n) is 14.3. The second-order valence-electron chi connectivity index (χ2n) is 5.44. The molecule has 0 aliphatic rings. The molecule has 132 valence electrons. The molecular formula is C20H17NO4S. The van der Waals surface area contributed by atoms with E-state index >= 15 is 0 Å². The minimum Gasteiger partial charge on any atom is -0.497 e. The predicted octanol–water partition coefficient (Wildman–Crippen LogP) is 1.95. The van der Waals surface area contributed by atoms with Crippen LogP contribution in [0.1, 0.15) is 15.9 Å². The van der Waals surface area contributed by atoms with Crippen LogP contribution >= 0.6 is 11.3 Å². The van der Waals surface area contributed by atoms with Crippen molar-refractivity contribution < 1.29 is 14.3 Å². The van der Waals surface area contributed by atoms with Crippen LogP contribution in [0.4, 0.5) is 0 Å². The largest absolute Gasteiger partial charge is 0.497 e. The Balaban J connectivity index is 1.90. The van der Waals surface area contributed by atoms with Crippen molar-refractivity contribution in [1.29, 1.82) is 0 Å². The summed E-state index contributed by atoms with van der Waals surface area (Å²) in [6, 6.07) is 14.2. The number of H-pyrrole nitrogens is 1. The Labute approximate surface area is 153 Å². The first-order valence-electron chi connectivity index (χ1n) is 7.84. The van der Waals surface area contributed by atoms with Crippen LogP contribution in [0, 0.1) is 0 Å². The van der Waals surface area contributed by atoms with Gasteiger partial charge in [-0.1, -0.05) is 12.1 Å². The van der Waals surface area contributed by atoms with Gasteiger partial charge in [-0.3, -0.25) is 9.59 Å². The van der Waals surface area contributed by atoms with Gasteiger partial charge in [0.2, 0.25) is 0 Å². The standard InChI is InChI=1S/C20H17NO4S/c1-24-15-7-3-13(4-8-15)11-18-20(23)21-19(26-18)12-17(22)14-5-9-16(25-2)10-6-14/h3-12H,1-2H3,(H,21,23)/b18-11+,19-12-. The number of ether oxygens (including phenoxy) is 2. The van der Waals surface area contributed by atoms with Crippen LogP contribution in [0.5, 0.6) is 11.5 Å². The SMILES string of the molecule is COc1ccc(/C=c2/s/c(=C\C(=O)c3ccc(OC)cc3)[nH]c2=O)cc1. The van der Waals surface area contributed by atoms with Gasteiger partial charge in [-0.2, -0.15) is 0 Å². The maximum Gasteiger partial charge on any atom is 0.266 e. The van der Waals surface area contributed by atoms with Crippen molar-refractivity contribution in [3.63, 3.8) is 0 Å². The van der Waals surface area contributed by atoms with Crippen molar-refractivity contribution in [2.24, 2.45) is 0 Å². The summed E-state index contributed by atoms with van der Waals surface area (Å²) in [5.74, 6) is 1.25. The van der Waals surface area contributed by atoms with Gasteiger partial charge in [0.15, 0.2) is 5.78 Å². The fraction of sp³-hybridized carbons (Fsp3) is 0.100. The fourth-order valence-electron chi connectivity index (χ4n) is 2.33. The van der Waals surface area contributed by atoms with Gasteiger partial charge in [0, 0.05) is 11.6 Å². The third-order valence-electron chi connectivity index (χ3n) is 3.73. The van der Waals surface area contributed by atoms with E-state index in [9.17, 15) is 9.59 Å². The second kappa shape index (κ2) is 7.84. The van der Waals surface area contributed by atoms with Crippen molar-refractivity contribution in [2.45, 2.75) is 0 Å². The molecule has 3 aromatic rings. The Morgan fingerprint density at radius 3 is 2.12 bits per heavy atom. The number of ketones is 1. The molecule has 0 atom stereocenters. The Kier molecular flexibility index (Phi) is 5.34. The molecule has 1 N–H and O–H groups in total. The number of nitrogens with one attached hydrogen (secondary N) is 1. The summed E-state index contributed by atoms with van der Waals surface area (Å²) in [7, 11) is 3.17. The molecule has 0 aliphatic carbocycles. The first-order chi connectivity index (χ1) is 12.6. The summed E-state index contributed by atoms with van der Waals surface area (Å²) < 4.78 is 11.2. The normalized spacial score (nSPS) is 12.2. The zero-order chi connectivity index (χ0) is 18.5. The number of Topliss-reactive ketones (excluding diaryl/α,β-unsaturated/α-hetero) is 1. The number of aromatic amines is 1. The topological polar surface area (TPSA) is 68.4 Å². The second-order valence-corrected chi connectivity index (χ2v) is 6.52. The van der Waals surface area contributed by atoms with Crippen LogP contribution < -0.4 is 24.2 Å². The molecule has 0 radical (unpaired) electrons. The number of hydrogen-bond acceptors (Lipinski definition) is 5. The lowest BCUT2D eigenvalue weighted by Gasteiger charge is -1.99. The summed E-state index contributed by atoms with van der Waals surface area (Å²) in [6.45, 7) is 0. The molecule has 1 aromatic heterocycles. The average molecular weight is 367 g/mol. The van der Waals surface area contributed by atoms with Crippen LogP contribution in [0.2, 0.25) is 0 Å². The van der Waals surface area contributed by atoms with E-state index in [0.717, 1.165) is 11.3 Å². The predicted molar refractivity (Wildman–Crippen MR) is 103 cm³/mol. The Morgan fingerprint density at radius 1 is 0.962 bits per heavy atom. The van der Waals surface area contributed by atoms with Gasteiger partial charge in [-0.15, -0.1) is 11.3 Å². The molecule has 5 nitrogen and oxygen atoms in total. The lowest BCUT2D eigenvalue weighted by atomic mass is 10.1. The number of methoxy groups -OCH3 is 2. The lowest BCUT2D eigenvalue weighted by Crippen LogP contribution is -2.19. The van der Waals surface area contributed by atoms with Crippen molar-refractivity contribution in [3.8, 4) is 11.5 Å². The molecule has 0 unspecified atom stereocenters. The first-order valence-corrected chi connectivity index (χ1v) is 8.66. The summed E-state index contributed by atoms with van der Waals surface area (Å²) >= 11 is 1.24. The van der Waals surface area contributed by atoms with Gasteiger partial charge >= 0.3 is 0 Å². The minimum absolute atomic E-state index is 0.179. The summed E-state index contributed by atoms with van der Waals surface area (Å²) in [5.41, 5.74) is 1.19. The molecule has 3 rings (SSSR count). The summed E-state index contributed by atoms with van der Waals surface area (Å²) in [4.78, 5) is 27.2. The quantitative estimate of drug-likeness (QED) is 0.700. The van der Waals surface area contributed by atoms with Crippen LogP contribution in [-0.4, -0.2) is 25.0 Å². The molecule has 6 heteroatoms. The van der Waals surface area contributed by atoms with E-state index in [1.54, 1.807) is 44.6 Å². The van der Waals surface area contributed by atoms with E-state index < -0.39 is 0 Å². The van der Waals surface area contributed by atoms with Gasteiger partial charge in [-0.05, 0) is 48.0 Å². The van der Waals surface area contributed by atoms with E-state index in [2.05, 4.69) is 4.98 Å². The summed E-state index contributed by atoms with van der Waals surface area (Å²) in [6.07, 6.45) is 3.21. The Bertz CT molecular complexity index is 1080. The van der Waals surface area contributed by atoms with Crippen LogP contribution in [-0.2, 0) is 0 Å². The number of hydrogen-bond donors (Lipinski definition) is 1. The van der Waals surface area contributed by atoms with Crippen LogP contribution in [0.25, 0.3) is 12.2 Å². The highest BCUT2D eigenvalue weighted by Gasteiger charge is 2.04. The maximum absolute atomic E-state index is 12.3. The van der Waals surface area contributed by atoms with Crippen LogP contribution in [0.3, 0.4) is 0 Å². The van der Waals surface area contributed by atoms with Crippen molar-refractivity contribution in [1.82, 2.24) is 4.98 Å². The molecule has 26 heavy (non-hydrogen) atoms. The van der Waals surface area contributed by atoms with Crippen molar-refractivity contribution in [2.75, 3.05) is 14.2 Å². The molecule has 0 aliphatic heterocycles. The summed E-state index contributed by atoms with van der Waals surface area (Å²) in [5, 5.41) is 0.